The van der Waals surface area contributed by atoms with Gasteiger partial charge < -0.3 is 9.73 Å². The lowest BCUT2D eigenvalue weighted by Gasteiger charge is -2.07. The van der Waals surface area contributed by atoms with E-state index >= 15 is 0 Å². The minimum Gasteiger partial charge on any atom is -0.467 e. The van der Waals surface area contributed by atoms with Gasteiger partial charge in [-0.15, -0.1) is 10.2 Å². The van der Waals surface area contributed by atoms with Crippen LogP contribution in [-0.2, 0) is 6.54 Å². The minimum absolute atomic E-state index is 0.0692. The molecule has 0 aliphatic carbocycles. The number of nitrogens with zero attached hydrogens (tertiary/aromatic N) is 2. The fourth-order valence-electron chi connectivity index (χ4n) is 1.96. The third-order valence-corrected chi connectivity index (χ3v) is 5.24. The van der Waals surface area contributed by atoms with Gasteiger partial charge in [0, 0.05) is 5.56 Å². The average molecular weight is 363 g/mol. The Morgan fingerprint density at radius 3 is 2.83 bits per heavy atom. The molecule has 0 spiro atoms. The minimum atomic E-state index is -0.358. The molecule has 0 bridgehead atoms. The Balaban J connectivity index is 1.57. The highest BCUT2D eigenvalue weighted by molar-refractivity contribution is 8.02. The van der Waals surface area contributed by atoms with Crippen molar-refractivity contribution in [1.82, 2.24) is 10.2 Å². The summed E-state index contributed by atoms with van der Waals surface area (Å²) in [5.41, 5.74) is 0.483. The Kier molecular flexibility index (Phi) is 5.27. The van der Waals surface area contributed by atoms with E-state index in [0.717, 1.165) is 5.76 Å². The lowest BCUT2D eigenvalue weighted by molar-refractivity contribution is 0.0994. The van der Waals surface area contributed by atoms with Gasteiger partial charge in [-0.2, -0.15) is 0 Å². The summed E-state index contributed by atoms with van der Waals surface area (Å²) in [4.78, 5) is 12.3. The van der Waals surface area contributed by atoms with Crippen LogP contribution >= 0.6 is 23.1 Å². The van der Waals surface area contributed by atoms with E-state index in [4.69, 9.17) is 4.42 Å². The van der Waals surface area contributed by atoms with Gasteiger partial charge in [-0.1, -0.05) is 23.1 Å². The molecule has 8 heteroatoms. The number of aromatic nitrogens is 2. The van der Waals surface area contributed by atoms with Crippen molar-refractivity contribution in [1.29, 1.82) is 0 Å². The highest BCUT2D eigenvalue weighted by Crippen LogP contribution is 2.30. The number of rotatable bonds is 7. The van der Waals surface area contributed by atoms with Gasteiger partial charge >= 0.3 is 0 Å². The molecule has 2 heterocycles. The topological polar surface area (TPSA) is 68.0 Å². The number of furan rings is 1. The van der Waals surface area contributed by atoms with Crippen molar-refractivity contribution in [3.63, 3.8) is 0 Å². The molecule has 3 rings (SSSR count). The Morgan fingerprint density at radius 1 is 1.33 bits per heavy atom. The fraction of sp³-hybridized carbons (Fsp3) is 0.188. The Hall–Kier alpha value is -2.19. The van der Waals surface area contributed by atoms with Crippen LogP contribution in [0.5, 0.6) is 0 Å². The second-order valence-electron chi connectivity index (χ2n) is 4.94. The number of carbonyl (C=O) groups is 1. The van der Waals surface area contributed by atoms with Crippen LogP contribution in [0.25, 0.3) is 0 Å². The molecule has 24 heavy (non-hydrogen) atoms. The number of thioether (sulfide) groups is 1. The van der Waals surface area contributed by atoms with Crippen LogP contribution in [0.3, 0.4) is 0 Å². The molecule has 1 N–H and O–H groups in total. The molecule has 124 valence electrons. The summed E-state index contributed by atoms with van der Waals surface area (Å²) < 4.78 is 18.9. The number of Topliss-reactive ketones (excluding diaryl/α,β-unsaturated/α-hetero) is 1. The summed E-state index contributed by atoms with van der Waals surface area (Å²) in [6.45, 7) is 2.32. The van der Waals surface area contributed by atoms with Crippen LogP contribution in [0.1, 0.15) is 23.0 Å². The number of benzene rings is 1. The summed E-state index contributed by atoms with van der Waals surface area (Å²) in [7, 11) is 0. The van der Waals surface area contributed by atoms with E-state index in [1.807, 2.05) is 12.1 Å². The number of hydrogen-bond donors (Lipinski definition) is 1. The van der Waals surface area contributed by atoms with Gasteiger partial charge in [-0.25, -0.2) is 4.39 Å². The third-order valence-electron chi connectivity index (χ3n) is 3.18. The molecule has 0 saturated heterocycles. The molecule has 0 fully saturated rings. The van der Waals surface area contributed by atoms with Crippen molar-refractivity contribution < 1.29 is 13.6 Å². The maximum absolute atomic E-state index is 12.9. The zero-order valence-corrected chi connectivity index (χ0v) is 14.4. The van der Waals surface area contributed by atoms with Crippen molar-refractivity contribution in [3.8, 4) is 0 Å². The second-order valence-corrected chi connectivity index (χ2v) is 7.50. The lowest BCUT2D eigenvalue weighted by atomic mass is 10.1. The zero-order valence-electron chi connectivity index (χ0n) is 12.7. The number of halogens is 1. The molecule has 1 unspecified atom stereocenters. The van der Waals surface area contributed by atoms with E-state index in [1.165, 1.54) is 47.4 Å². The number of anilines is 1. The SMILES string of the molecule is CC(Sc1nnc(NCc2ccco2)s1)C(=O)c1ccc(F)cc1. The van der Waals surface area contributed by atoms with Crippen molar-refractivity contribution >= 4 is 34.0 Å². The summed E-state index contributed by atoms with van der Waals surface area (Å²) in [6.07, 6.45) is 1.61. The van der Waals surface area contributed by atoms with E-state index in [1.54, 1.807) is 13.2 Å². The monoisotopic (exact) mass is 363 g/mol. The van der Waals surface area contributed by atoms with Crippen LogP contribution < -0.4 is 5.32 Å². The van der Waals surface area contributed by atoms with Gasteiger partial charge in [0.05, 0.1) is 18.1 Å². The Morgan fingerprint density at radius 2 is 2.12 bits per heavy atom. The smallest absolute Gasteiger partial charge is 0.206 e. The molecule has 0 aliphatic rings. The first-order valence-electron chi connectivity index (χ1n) is 7.18. The van der Waals surface area contributed by atoms with E-state index in [-0.39, 0.29) is 16.9 Å². The zero-order chi connectivity index (χ0) is 16.9. The van der Waals surface area contributed by atoms with E-state index in [0.29, 0.717) is 21.6 Å². The molecule has 5 nitrogen and oxygen atoms in total. The predicted molar refractivity (Wildman–Crippen MR) is 92.0 cm³/mol. The molecular formula is C16H14FN3O2S2. The van der Waals surface area contributed by atoms with Crippen LogP contribution in [0, 0.1) is 5.82 Å². The van der Waals surface area contributed by atoms with Crippen molar-refractivity contribution in [3.05, 3.63) is 59.8 Å². The third kappa shape index (κ3) is 4.21. The molecule has 0 saturated carbocycles. The molecule has 0 aliphatic heterocycles. The molecule has 0 radical (unpaired) electrons. The van der Waals surface area contributed by atoms with Gasteiger partial charge in [0.25, 0.3) is 0 Å². The van der Waals surface area contributed by atoms with Gasteiger partial charge in [0.1, 0.15) is 11.6 Å². The Labute approximate surface area is 146 Å². The van der Waals surface area contributed by atoms with E-state index in [9.17, 15) is 9.18 Å². The largest absolute Gasteiger partial charge is 0.467 e. The van der Waals surface area contributed by atoms with Gasteiger partial charge in [0.2, 0.25) is 5.13 Å². The first-order valence-corrected chi connectivity index (χ1v) is 8.87. The first-order chi connectivity index (χ1) is 11.6. The molecular weight excluding hydrogens is 349 g/mol. The van der Waals surface area contributed by atoms with E-state index in [2.05, 4.69) is 15.5 Å². The summed E-state index contributed by atoms with van der Waals surface area (Å²) in [5.74, 6) is 0.378. The fourth-order valence-corrected chi connectivity index (χ4v) is 3.93. The highest BCUT2D eigenvalue weighted by Gasteiger charge is 2.19. The number of carbonyl (C=O) groups excluding carboxylic acids is 1. The van der Waals surface area contributed by atoms with Crippen LogP contribution in [0.2, 0.25) is 0 Å². The normalized spacial score (nSPS) is 12.1. The van der Waals surface area contributed by atoms with Crippen molar-refractivity contribution in [2.45, 2.75) is 23.1 Å². The molecule has 1 aromatic carbocycles. The first kappa shape index (κ1) is 16.7. The standard InChI is InChI=1S/C16H14FN3O2S2/c1-10(14(21)11-4-6-12(17)7-5-11)23-16-20-19-15(24-16)18-9-13-3-2-8-22-13/h2-8,10H,9H2,1H3,(H,18,19). The Bertz CT molecular complexity index is 803. The average Bonchev–Trinajstić information content (AvgIpc) is 3.24. The predicted octanol–water partition coefficient (Wildman–Crippen LogP) is 4.25. The van der Waals surface area contributed by atoms with Crippen LogP contribution in [-0.4, -0.2) is 21.2 Å². The van der Waals surface area contributed by atoms with Gasteiger partial charge in [-0.3, -0.25) is 4.79 Å². The highest BCUT2D eigenvalue weighted by atomic mass is 32.2. The molecule has 3 aromatic rings. The van der Waals surface area contributed by atoms with Gasteiger partial charge in [-0.05, 0) is 43.3 Å². The number of nitrogens with one attached hydrogen (secondary N) is 1. The maximum atomic E-state index is 12.9. The van der Waals surface area contributed by atoms with Gasteiger partial charge in [0.15, 0.2) is 10.1 Å². The lowest BCUT2D eigenvalue weighted by Crippen LogP contribution is -2.13. The number of hydrogen-bond acceptors (Lipinski definition) is 7. The van der Waals surface area contributed by atoms with Crippen LogP contribution in [0.4, 0.5) is 9.52 Å². The van der Waals surface area contributed by atoms with Crippen molar-refractivity contribution in [2.24, 2.45) is 0 Å². The summed E-state index contributed by atoms with van der Waals surface area (Å²) in [6, 6.07) is 9.24. The summed E-state index contributed by atoms with van der Waals surface area (Å²) >= 11 is 2.71. The molecule has 0 amide bonds. The molecule has 1 atom stereocenters. The van der Waals surface area contributed by atoms with Crippen molar-refractivity contribution in [2.75, 3.05) is 5.32 Å². The summed E-state index contributed by atoms with van der Waals surface area (Å²) in [5, 5.41) is 11.6. The molecule has 2 aromatic heterocycles. The number of ketones is 1. The van der Waals surface area contributed by atoms with E-state index < -0.39 is 0 Å². The maximum Gasteiger partial charge on any atom is 0.206 e. The second kappa shape index (κ2) is 7.59. The quantitative estimate of drug-likeness (QED) is 0.500. The van der Waals surface area contributed by atoms with Crippen LogP contribution in [0.15, 0.2) is 51.4 Å².